The van der Waals surface area contributed by atoms with Crippen molar-refractivity contribution in [3.8, 4) is 0 Å². The second-order valence-corrected chi connectivity index (χ2v) is 4.28. The fraction of sp³-hybridized carbons (Fsp3) is 0.800. The molecule has 0 aromatic carbocycles. The van der Waals surface area contributed by atoms with Crippen LogP contribution in [0.5, 0.6) is 0 Å². The van der Waals surface area contributed by atoms with Crippen molar-refractivity contribution in [1.82, 2.24) is 0 Å². The van der Waals surface area contributed by atoms with Gasteiger partial charge in [-0.2, -0.15) is 11.8 Å². The van der Waals surface area contributed by atoms with Gasteiger partial charge in [-0.1, -0.05) is 18.9 Å². The first-order valence-corrected chi connectivity index (χ1v) is 5.66. The summed E-state index contributed by atoms with van der Waals surface area (Å²) in [5, 5.41) is 0.858. The topological polar surface area (TPSA) is 0 Å². The van der Waals surface area contributed by atoms with Gasteiger partial charge in [-0.15, -0.1) is 6.58 Å². The fourth-order valence-electron chi connectivity index (χ4n) is 1.11. The minimum absolute atomic E-state index is 0.858. The van der Waals surface area contributed by atoms with Gasteiger partial charge in [-0.05, 0) is 32.4 Å². The van der Waals surface area contributed by atoms with Crippen LogP contribution in [0.1, 0.15) is 39.5 Å². The van der Waals surface area contributed by atoms with E-state index in [0.29, 0.717) is 0 Å². The molecule has 0 amide bonds. The third kappa shape index (κ3) is 6.49. The number of hydrogen-bond donors (Lipinski definition) is 0. The van der Waals surface area contributed by atoms with Gasteiger partial charge < -0.3 is 0 Å². The molecular weight excluding hydrogens is 152 g/mol. The summed E-state index contributed by atoms with van der Waals surface area (Å²) in [5.41, 5.74) is 1.32. The molecule has 0 fully saturated rings. The minimum Gasteiger partial charge on any atom is -0.162 e. The van der Waals surface area contributed by atoms with Crippen molar-refractivity contribution in [3.63, 3.8) is 0 Å². The summed E-state index contributed by atoms with van der Waals surface area (Å²) in [4.78, 5) is 0. The van der Waals surface area contributed by atoms with Gasteiger partial charge in [0.2, 0.25) is 0 Å². The first kappa shape index (κ1) is 11.1. The lowest BCUT2D eigenvalue weighted by Crippen LogP contribution is -2.00. The Kier molecular flexibility index (Phi) is 6.83. The Labute approximate surface area is 75.5 Å². The van der Waals surface area contributed by atoms with E-state index in [1.54, 1.807) is 0 Å². The molecule has 0 N–H and O–H groups in total. The van der Waals surface area contributed by atoms with Crippen molar-refractivity contribution in [1.29, 1.82) is 0 Å². The summed E-state index contributed by atoms with van der Waals surface area (Å²) in [6, 6.07) is 0. The van der Waals surface area contributed by atoms with Gasteiger partial charge >= 0.3 is 0 Å². The van der Waals surface area contributed by atoms with Gasteiger partial charge in [-0.3, -0.25) is 0 Å². The van der Waals surface area contributed by atoms with Crippen LogP contribution >= 0.6 is 11.8 Å². The lowest BCUT2D eigenvalue weighted by Gasteiger charge is -2.12. The zero-order valence-electron chi connectivity index (χ0n) is 8.02. The summed E-state index contributed by atoms with van der Waals surface area (Å²) >= 11 is 2.00. The average Bonchev–Trinajstić information content (AvgIpc) is 1.97. The van der Waals surface area contributed by atoms with Crippen LogP contribution in [-0.4, -0.2) is 11.5 Å². The summed E-state index contributed by atoms with van der Waals surface area (Å²) in [6.07, 6.45) is 7.38. The van der Waals surface area contributed by atoms with Gasteiger partial charge in [0, 0.05) is 5.25 Å². The molecule has 0 aliphatic carbocycles. The Morgan fingerprint density at radius 1 is 1.45 bits per heavy atom. The number of allylic oxidation sites excluding steroid dienone is 1. The van der Waals surface area contributed by atoms with Crippen LogP contribution in [0.15, 0.2) is 12.2 Å². The molecule has 0 saturated carbocycles. The molecule has 1 heteroatoms. The largest absolute Gasteiger partial charge is 0.162 e. The van der Waals surface area contributed by atoms with Crippen molar-refractivity contribution < 1.29 is 0 Å². The van der Waals surface area contributed by atoms with E-state index in [1.165, 1.54) is 31.3 Å². The van der Waals surface area contributed by atoms with Crippen molar-refractivity contribution in [2.75, 3.05) is 6.26 Å². The monoisotopic (exact) mass is 172 g/mol. The van der Waals surface area contributed by atoms with Gasteiger partial charge in [0.05, 0.1) is 0 Å². The smallest absolute Gasteiger partial charge is 0.00472 e. The zero-order chi connectivity index (χ0) is 8.69. The molecule has 0 spiro atoms. The van der Waals surface area contributed by atoms with Crippen molar-refractivity contribution in [3.05, 3.63) is 12.2 Å². The molecule has 0 radical (unpaired) electrons. The number of hydrogen-bond acceptors (Lipinski definition) is 1. The maximum Gasteiger partial charge on any atom is 0.00472 e. The molecule has 0 aromatic heterocycles. The molecule has 0 heterocycles. The standard InChI is InChI=1S/C10H20S/c1-5-6-10(11-4)8-7-9(2)3/h10H,2,5-8H2,1,3-4H3. The Bertz CT molecular complexity index is 107. The predicted octanol–water partition coefficient (Wildman–Crippen LogP) is 3.87. The first-order valence-electron chi connectivity index (χ1n) is 4.37. The minimum atomic E-state index is 0.858. The van der Waals surface area contributed by atoms with Crippen LogP contribution in [0.25, 0.3) is 0 Å². The van der Waals surface area contributed by atoms with E-state index in [-0.39, 0.29) is 0 Å². The molecule has 0 bridgehead atoms. The summed E-state index contributed by atoms with van der Waals surface area (Å²) in [5.74, 6) is 0. The fourth-order valence-corrected chi connectivity index (χ4v) is 1.93. The highest BCUT2D eigenvalue weighted by atomic mass is 32.2. The normalized spacial score (nSPS) is 13.0. The van der Waals surface area contributed by atoms with Crippen LogP contribution in [-0.2, 0) is 0 Å². The molecule has 1 atom stereocenters. The van der Waals surface area contributed by atoms with Gasteiger partial charge in [-0.25, -0.2) is 0 Å². The molecule has 66 valence electrons. The molecule has 0 nitrogen and oxygen atoms in total. The first-order chi connectivity index (χ1) is 5.20. The Hall–Kier alpha value is 0.0900. The van der Waals surface area contributed by atoms with Crippen molar-refractivity contribution in [2.45, 2.75) is 44.8 Å². The molecule has 0 aromatic rings. The highest BCUT2D eigenvalue weighted by Gasteiger charge is 2.04. The van der Waals surface area contributed by atoms with Crippen LogP contribution in [0.2, 0.25) is 0 Å². The molecular formula is C10H20S. The van der Waals surface area contributed by atoms with E-state index in [4.69, 9.17) is 0 Å². The van der Waals surface area contributed by atoms with Crippen molar-refractivity contribution in [2.24, 2.45) is 0 Å². The van der Waals surface area contributed by atoms with Crippen LogP contribution in [0, 0.1) is 0 Å². The molecule has 0 saturated heterocycles. The van der Waals surface area contributed by atoms with Crippen LogP contribution in [0.3, 0.4) is 0 Å². The highest BCUT2D eigenvalue weighted by molar-refractivity contribution is 7.99. The second kappa shape index (κ2) is 6.78. The maximum atomic E-state index is 3.91. The molecule has 0 aliphatic rings. The summed E-state index contributed by atoms with van der Waals surface area (Å²) < 4.78 is 0. The van der Waals surface area contributed by atoms with Crippen molar-refractivity contribution >= 4 is 11.8 Å². The second-order valence-electron chi connectivity index (χ2n) is 3.14. The lowest BCUT2D eigenvalue weighted by atomic mass is 10.1. The lowest BCUT2D eigenvalue weighted by molar-refractivity contribution is 0.683. The molecule has 11 heavy (non-hydrogen) atoms. The maximum absolute atomic E-state index is 3.91. The highest BCUT2D eigenvalue weighted by Crippen LogP contribution is 2.20. The number of thioether (sulfide) groups is 1. The van der Waals surface area contributed by atoms with E-state index < -0.39 is 0 Å². The van der Waals surface area contributed by atoms with E-state index in [9.17, 15) is 0 Å². The predicted molar refractivity (Wildman–Crippen MR) is 56.3 cm³/mol. The summed E-state index contributed by atoms with van der Waals surface area (Å²) in [6.45, 7) is 8.28. The summed E-state index contributed by atoms with van der Waals surface area (Å²) in [7, 11) is 0. The third-order valence-corrected chi connectivity index (χ3v) is 2.98. The Morgan fingerprint density at radius 3 is 2.45 bits per heavy atom. The van der Waals surface area contributed by atoms with Gasteiger partial charge in [0.25, 0.3) is 0 Å². The van der Waals surface area contributed by atoms with E-state index in [1.807, 2.05) is 11.8 Å². The van der Waals surface area contributed by atoms with E-state index in [0.717, 1.165) is 5.25 Å². The van der Waals surface area contributed by atoms with Gasteiger partial charge in [0.15, 0.2) is 0 Å². The Morgan fingerprint density at radius 2 is 2.09 bits per heavy atom. The van der Waals surface area contributed by atoms with Crippen LogP contribution in [0.4, 0.5) is 0 Å². The van der Waals surface area contributed by atoms with E-state index >= 15 is 0 Å². The van der Waals surface area contributed by atoms with Gasteiger partial charge in [0.1, 0.15) is 0 Å². The third-order valence-electron chi connectivity index (χ3n) is 1.84. The van der Waals surface area contributed by atoms with E-state index in [2.05, 4.69) is 26.7 Å². The quantitative estimate of drug-likeness (QED) is 0.548. The Balaban J connectivity index is 3.43. The van der Waals surface area contributed by atoms with Crippen LogP contribution < -0.4 is 0 Å². The average molecular weight is 172 g/mol. The molecule has 0 rings (SSSR count). The molecule has 1 unspecified atom stereocenters. The number of rotatable bonds is 6. The SMILES string of the molecule is C=C(C)CCC(CCC)SC. The molecule has 0 aliphatic heterocycles. The zero-order valence-corrected chi connectivity index (χ0v) is 8.84.